The maximum Gasteiger partial charge on any atom is 0.253 e. The molecule has 0 radical (unpaired) electrons. The summed E-state index contributed by atoms with van der Waals surface area (Å²) in [4.78, 5) is 26.0. The number of rotatable bonds is 32. The van der Waals surface area contributed by atoms with E-state index < -0.39 is 5.43 Å². The first-order valence-corrected chi connectivity index (χ1v) is 18.6. The lowest BCUT2D eigenvalue weighted by Crippen LogP contribution is -2.37. The fraction of sp³-hybridized carbons (Fsp3) is 0.892. The summed E-state index contributed by atoms with van der Waals surface area (Å²) in [6.07, 6.45) is 33.0. The summed E-state index contributed by atoms with van der Waals surface area (Å²) in [5, 5.41) is 6.05. The van der Waals surface area contributed by atoms with Gasteiger partial charge in [0.2, 0.25) is 0 Å². The van der Waals surface area contributed by atoms with Crippen molar-refractivity contribution in [1.29, 1.82) is 0 Å². The van der Waals surface area contributed by atoms with E-state index in [0.29, 0.717) is 11.4 Å². The molecule has 0 amide bonds. The third-order valence-corrected chi connectivity index (χ3v) is 9.21. The minimum atomic E-state index is -0.394. The molecule has 5 nitrogen and oxygen atoms in total. The molecule has 42 heavy (non-hydrogen) atoms. The quantitative estimate of drug-likeness (QED) is 0.0647. The van der Waals surface area contributed by atoms with Crippen LogP contribution in [0.25, 0.3) is 0 Å². The molecule has 1 rings (SSSR count). The number of unbranched alkanes of at least 4 members (excludes halogenated alkanes) is 16. The lowest BCUT2D eigenvalue weighted by molar-refractivity contribution is 0.259. The molecule has 0 aliphatic heterocycles. The number of nitrogens with one attached hydrogen (secondary N) is 2. The Kier molecular flexibility index (Phi) is 25.0. The highest BCUT2D eigenvalue weighted by atomic mass is 16.2. The molecule has 0 bridgehead atoms. The van der Waals surface area contributed by atoms with Crippen LogP contribution in [-0.2, 0) is 0 Å². The van der Waals surface area contributed by atoms with Crippen molar-refractivity contribution >= 4 is 11.4 Å². The van der Waals surface area contributed by atoms with Crippen molar-refractivity contribution in [2.24, 2.45) is 5.92 Å². The van der Waals surface area contributed by atoms with Crippen LogP contribution in [0.3, 0.4) is 0 Å². The maximum atomic E-state index is 11.8. The molecule has 0 atom stereocenters. The first-order chi connectivity index (χ1) is 20.6. The van der Waals surface area contributed by atoms with E-state index in [-0.39, 0.29) is 5.43 Å². The fourth-order valence-corrected chi connectivity index (χ4v) is 6.39. The molecular formula is C37H71N3O2. The van der Waals surface area contributed by atoms with Crippen molar-refractivity contribution in [3.63, 3.8) is 0 Å². The van der Waals surface area contributed by atoms with Gasteiger partial charge in [-0.15, -0.1) is 0 Å². The Morgan fingerprint density at radius 3 is 1.38 bits per heavy atom. The monoisotopic (exact) mass is 590 g/mol. The average molecular weight is 590 g/mol. The standard InChI is InChI=1S/C37H71N3O2/c1-5-8-11-12-18-23-30-40(32-25-29-39-35-34(38-4)36(41)37(35)42)31-24-19-16-14-13-15-17-22-28-33(26-20-9-6-2)27-21-10-7-3/h33,38-39H,5-32H2,1-4H3. The van der Waals surface area contributed by atoms with E-state index in [9.17, 15) is 9.59 Å². The molecule has 1 aromatic carbocycles. The number of nitrogens with zero attached hydrogens (tertiary/aromatic N) is 1. The lowest BCUT2D eigenvalue weighted by Gasteiger charge is -2.23. The zero-order valence-electron chi connectivity index (χ0n) is 28.6. The van der Waals surface area contributed by atoms with Gasteiger partial charge < -0.3 is 15.5 Å². The molecule has 2 N–H and O–H groups in total. The maximum absolute atomic E-state index is 11.8. The molecule has 246 valence electrons. The van der Waals surface area contributed by atoms with Gasteiger partial charge in [0.15, 0.2) is 0 Å². The van der Waals surface area contributed by atoms with Crippen LogP contribution < -0.4 is 21.5 Å². The molecule has 0 aliphatic rings. The molecule has 0 unspecified atom stereocenters. The van der Waals surface area contributed by atoms with Gasteiger partial charge in [0.05, 0.1) is 0 Å². The molecule has 5 heteroatoms. The number of hydrogen-bond donors (Lipinski definition) is 2. The molecule has 0 saturated heterocycles. The first kappa shape index (κ1) is 38.7. The van der Waals surface area contributed by atoms with Gasteiger partial charge in [0.1, 0.15) is 11.4 Å². The predicted molar refractivity (Wildman–Crippen MR) is 187 cm³/mol. The van der Waals surface area contributed by atoms with Gasteiger partial charge in [0, 0.05) is 13.6 Å². The number of anilines is 2. The molecule has 1 aromatic rings. The molecule has 0 aromatic heterocycles. The van der Waals surface area contributed by atoms with Gasteiger partial charge in [0.25, 0.3) is 10.9 Å². The van der Waals surface area contributed by atoms with Crippen molar-refractivity contribution in [1.82, 2.24) is 4.90 Å². The van der Waals surface area contributed by atoms with Gasteiger partial charge in [-0.25, -0.2) is 0 Å². The van der Waals surface area contributed by atoms with Gasteiger partial charge >= 0.3 is 0 Å². The zero-order valence-corrected chi connectivity index (χ0v) is 28.6. The highest BCUT2D eigenvalue weighted by Gasteiger charge is 2.18. The Hall–Kier alpha value is -1.36. The molecule has 0 spiro atoms. The SMILES string of the molecule is CCCCCCCCN(CCCCCCCCCCC(CCCCC)CCCCC)CCCNc1c(NC)c(=O)c1=O. The van der Waals surface area contributed by atoms with Crippen molar-refractivity contribution in [2.75, 3.05) is 43.9 Å². The first-order valence-electron chi connectivity index (χ1n) is 18.6. The average Bonchev–Trinajstić information content (AvgIpc) is 3.00. The minimum Gasteiger partial charge on any atom is -0.383 e. The summed E-state index contributed by atoms with van der Waals surface area (Å²) in [5.41, 5.74) is 0.146. The second kappa shape index (κ2) is 27.2. The van der Waals surface area contributed by atoms with Gasteiger partial charge in [-0.3, -0.25) is 9.59 Å². The van der Waals surface area contributed by atoms with E-state index in [1.807, 2.05) is 0 Å². The predicted octanol–water partition coefficient (Wildman–Crippen LogP) is 10.1. The third-order valence-electron chi connectivity index (χ3n) is 9.21. The van der Waals surface area contributed by atoms with Crippen LogP contribution in [0.1, 0.15) is 175 Å². The van der Waals surface area contributed by atoms with Crippen LogP contribution in [0.5, 0.6) is 0 Å². The summed E-state index contributed by atoms with van der Waals surface area (Å²) in [7, 11) is 1.70. The Bertz CT molecular complexity index is 791. The fourth-order valence-electron chi connectivity index (χ4n) is 6.39. The Morgan fingerprint density at radius 2 is 0.881 bits per heavy atom. The zero-order chi connectivity index (χ0) is 30.7. The van der Waals surface area contributed by atoms with E-state index in [1.54, 1.807) is 7.05 Å². The highest BCUT2D eigenvalue weighted by Crippen LogP contribution is 2.24. The van der Waals surface area contributed by atoms with E-state index in [0.717, 1.165) is 25.4 Å². The van der Waals surface area contributed by atoms with Gasteiger partial charge in [-0.1, -0.05) is 156 Å². The van der Waals surface area contributed by atoms with Crippen LogP contribution in [0, 0.1) is 5.92 Å². The van der Waals surface area contributed by atoms with Crippen molar-refractivity contribution < 1.29 is 0 Å². The molecule has 0 aliphatic carbocycles. The molecule has 0 heterocycles. The Morgan fingerprint density at radius 1 is 0.500 bits per heavy atom. The van der Waals surface area contributed by atoms with Crippen molar-refractivity contribution in [3.8, 4) is 0 Å². The summed E-state index contributed by atoms with van der Waals surface area (Å²) < 4.78 is 0. The lowest BCUT2D eigenvalue weighted by atomic mass is 9.90. The Labute approximate surface area is 261 Å². The van der Waals surface area contributed by atoms with E-state index in [1.165, 1.54) is 161 Å². The topological polar surface area (TPSA) is 61.4 Å². The summed E-state index contributed by atoms with van der Waals surface area (Å²) >= 11 is 0. The summed E-state index contributed by atoms with van der Waals surface area (Å²) in [5.74, 6) is 0.992. The smallest absolute Gasteiger partial charge is 0.253 e. The third kappa shape index (κ3) is 18.3. The van der Waals surface area contributed by atoms with E-state index in [4.69, 9.17) is 0 Å². The molecule has 0 saturated carbocycles. The van der Waals surface area contributed by atoms with Crippen LogP contribution in [0.2, 0.25) is 0 Å². The summed E-state index contributed by atoms with van der Waals surface area (Å²) in [6, 6.07) is 0. The van der Waals surface area contributed by atoms with Crippen molar-refractivity contribution in [3.05, 3.63) is 20.4 Å². The second-order valence-corrected chi connectivity index (χ2v) is 13.0. The van der Waals surface area contributed by atoms with Crippen LogP contribution >= 0.6 is 0 Å². The normalized spacial score (nSPS) is 11.8. The summed E-state index contributed by atoms with van der Waals surface area (Å²) in [6.45, 7) is 11.1. The van der Waals surface area contributed by atoms with Crippen LogP contribution in [-0.4, -0.2) is 38.1 Å². The van der Waals surface area contributed by atoms with Gasteiger partial charge in [-0.2, -0.15) is 0 Å². The van der Waals surface area contributed by atoms with Crippen LogP contribution in [0.15, 0.2) is 9.59 Å². The van der Waals surface area contributed by atoms with Crippen LogP contribution in [0.4, 0.5) is 11.4 Å². The van der Waals surface area contributed by atoms with E-state index >= 15 is 0 Å². The second-order valence-electron chi connectivity index (χ2n) is 13.0. The van der Waals surface area contributed by atoms with Gasteiger partial charge in [-0.05, 0) is 44.8 Å². The Balaban J connectivity index is 2.20. The van der Waals surface area contributed by atoms with E-state index in [2.05, 4.69) is 36.3 Å². The van der Waals surface area contributed by atoms with Crippen molar-refractivity contribution in [2.45, 2.75) is 175 Å². The number of hydrogen-bond acceptors (Lipinski definition) is 5. The largest absolute Gasteiger partial charge is 0.383 e. The highest BCUT2D eigenvalue weighted by molar-refractivity contribution is 5.73. The minimum absolute atomic E-state index is 0.378. The molecular weight excluding hydrogens is 518 g/mol. The molecule has 0 fully saturated rings.